The van der Waals surface area contributed by atoms with Crippen LogP contribution in [-0.4, -0.2) is 93.1 Å². The smallest absolute Gasteiger partial charge is 0.262 e. The van der Waals surface area contributed by atoms with Crippen molar-refractivity contribution in [2.24, 2.45) is 0 Å². The molecular weight excluding hydrogens is 394 g/mol. The van der Waals surface area contributed by atoms with Gasteiger partial charge < -0.3 is 19.9 Å². The van der Waals surface area contributed by atoms with E-state index in [0.29, 0.717) is 26.1 Å². The van der Waals surface area contributed by atoms with Gasteiger partial charge in [0.1, 0.15) is 6.61 Å². The van der Waals surface area contributed by atoms with Crippen molar-refractivity contribution in [2.75, 3.05) is 58.4 Å². The average Bonchev–Trinajstić information content (AvgIpc) is 3.00. The highest BCUT2D eigenvalue weighted by Gasteiger charge is 2.52. The van der Waals surface area contributed by atoms with Gasteiger partial charge in [0.25, 0.3) is 5.92 Å². The van der Waals surface area contributed by atoms with E-state index in [1.807, 2.05) is 37.4 Å². The number of hydrogen-bond acceptors (Lipinski definition) is 5. The van der Waals surface area contributed by atoms with Gasteiger partial charge in [-0.15, -0.1) is 0 Å². The van der Waals surface area contributed by atoms with Crippen molar-refractivity contribution in [3.8, 4) is 0 Å². The minimum atomic E-state index is -2.90. The molecule has 0 aliphatic carbocycles. The topological polar surface area (TPSA) is 65.1 Å². The fraction of sp³-hybridized carbons (Fsp3) is 0.619. The summed E-state index contributed by atoms with van der Waals surface area (Å²) in [7, 11) is 3.41. The molecule has 2 aliphatic heterocycles. The van der Waals surface area contributed by atoms with E-state index in [1.165, 1.54) is 7.11 Å². The summed E-state index contributed by atoms with van der Waals surface area (Å²) in [5, 5.41) is 2.82. The van der Waals surface area contributed by atoms with Crippen molar-refractivity contribution in [3.05, 3.63) is 30.3 Å². The Hall–Kier alpha value is -2.26. The molecule has 3 rings (SSSR count). The van der Waals surface area contributed by atoms with Crippen molar-refractivity contribution >= 4 is 17.5 Å². The predicted octanol–water partition coefficient (Wildman–Crippen LogP) is 1.20. The molecule has 1 aromatic carbocycles. The second-order valence-corrected chi connectivity index (χ2v) is 8.04. The summed E-state index contributed by atoms with van der Waals surface area (Å²) in [6.07, 6.45) is 0.230. The molecule has 0 saturated carbocycles. The minimum Gasteiger partial charge on any atom is -0.375 e. The molecule has 166 valence electrons. The number of amides is 2. The maximum absolute atomic E-state index is 14.1. The first-order valence-electron chi connectivity index (χ1n) is 10.2. The molecule has 2 fully saturated rings. The van der Waals surface area contributed by atoms with Gasteiger partial charge in [0.2, 0.25) is 11.8 Å². The summed E-state index contributed by atoms with van der Waals surface area (Å²) in [6.45, 7) is 1.40. The first-order valence-corrected chi connectivity index (χ1v) is 10.2. The van der Waals surface area contributed by atoms with E-state index in [4.69, 9.17) is 4.74 Å². The van der Waals surface area contributed by atoms with Crippen molar-refractivity contribution in [1.29, 1.82) is 0 Å². The number of ether oxygens (including phenoxy) is 1. The lowest BCUT2D eigenvalue weighted by Gasteiger charge is -2.45. The zero-order valence-electron chi connectivity index (χ0n) is 17.5. The number of nitrogens with one attached hydrogen (secondary N) is 1. The number of nitrogens with zero attached hydrogens (tertiary/aromatic N) is 3. The number of hydrogen-bond donors (Lipinski definition) is 1. The number of halogens is 2. The largest absolute Gasteiger partial charge is 0.375 e. The van der Waals surface area contributed by atoms with Crippen molar-refractivity contribution in [3.63, 3.8) is 0 Å². The van der Waals surface area contributed by atoms with Crippen LogP contribution in [-0.2, 0) is 14.3 Å². The normalized spacial score (nSPS) is 21.3. The molecule has 2 heterocycles. The Kier molecular flexibility index (Phi) is 7.25. The predicted molar refractivity (Wildman–Crippen MR) is 110 cm³/mol. The van der Waals surface area contributed by atoms with Gasteiger partial charge in [0.05, 0.1) is 12.6 Å². The molecule has 2 aliphatic rings. The van der Waals surface area contributed by atoms with E-state index in [0.717, 1.165) is 12.2 Å². The van der Waals surface area contributed by atoms with Gasteiger partial charge in [0, 0.05) is 58.5 Å². The fourth-order valence-electron chi connectivity index (χ4n) is 4.01. The van der Waals surface area contributed by atoms with Crippen molar-refractivity contribution < 1.29 is 23.1 Å². The number of rotatable bonds is 9. The molecule has 1 atom stereocenters. The van der Waals surface area contributed by atoms with Crippen LogP contribution >= 0.6 is 0 Å². The summed E-state index contributed by atoms with van der Waals surface area (Å²) >= 11 is 0. The number of anilines is 1. The standard InChI is InChI=1S/C21H30F2N4O3/c1-25(16-7-4-3-5-8-16)10-6-9-24-20(29)18-11-21(22,23)15-27(18)17-12-26(13-17)19(28)14-30-2/h3-5,7-8,17-18H,6,9-15H2,1-2H3,(H,24,29)/t18-/m0/s1. The van der Waals surface area contributed by atoms with Gasteiger partial charge in [-0.3, -0.25) is 14.5 Å². The van der Waals surface area contributed by atoms with E-state index >= 15 is 0 Å². The van der Waals surface area contributed by atoms with Crippen LogP contribution in [0.5, 0.6) is 0 Å². The van der Waals surface area contributed by atoms with E-state index in [-0.39, 0.29) is 24.5 Å². The molecule has 0 unspecified atom stereocenters. The summed E-state index contributed by atoms with van der Waals surface area (Å²) < 4.78 is 32.9. The Balaban J connectivity index is 1.46. The third-order valence-corrected chi connectivity index (χ3v) is 5.73. The number of carbonyl (C=O) groups excluding carboxylic acids is 2. The Bertz CT molecular complexity index is 728. The molecule has 0 aromatic heterocycles. The Morgan fingerprint density at radius 2 is 1.97 bits per heavy atom. The van der Waals surface area contributed by atoms with Crippen LogP contribution in [0.3, 0.4) is 0 Å². The van der Waals surface area contributed by atoms with Crippen LogP contribution in [0.4, 0.5) is 14.5 Å². The minimum absolute atomic E-state index is 0.0236. The number of benzene rings is 1. The second-order valence-electron chi connectivity index (χ2n) is 8.04. The fourth-order valence-corrected chi connectivity index (χ4v) is 4.01. The van der Waals surface area contributed by atoms with Gasteiger partial charge >= 0.3 is 0 Å². The molecular formula is C21H30F2N4O3. The molecule has 0 bridgehead atoms. The molecule has 2 saturated heterocycles. The number of alkyl halides is 2. The highest BCUT2D eigenvalue weighted by Crippen LogP contribution is 2.35. The third kappa shape index (κ3) is 5.46. The molecule has 1 N–H and O–H groups in total. The lowest BCUT2D eigenvalue weighted by Crippen LogP contribution is -2.64. The lowest BCUT2D eigenvalue weighted by atomic mass is 10.1. The molecule has 1 aromatic rings. The summed E-state index contributed by atoms with van der Waals surface area (Å²) in [6, 6.07) is 8.82. The van der Waals surface area contributed by atoms with Crippen LogP contribution in [0.25, 0.3) is 0 Å². The zero-order valence-corrected chi connectivity index (χ0v) is 17.5. The Morgan fingerprint density at radius 3 is 2.63 bits per heavy atom. The molecule has 9 heteroatoms. The molecule has 0 spiro atoms. The van der Waals surface area contributed by atoms with E-state index in [2.05, 4.69) is 10.2 Å². The van der Waals surface area contributed by atoms with Crippen molar-refractivity contribution in [2.45, 2.75) is 30.8 Å². The lowest BCUT2D eigenvalue weighted by molar-refractivity contribution is -0.144. The quantitative estimate of drug-likeness (QED) is 0.604. The molecule has 7 nitrogen and oxygen atoms in total. The average molecular weight is 424 g/mol. The second kappa shape index (κ2) is 9.70. The van der Waals surface area contributed by atoms with E-state index in [1.54, 1.807) is 9.80 Å². The van der Waals surface area contributed by atoms with Gasteiger partial charge in [-0.25, -0.2) is 8.78 Å². The molecule has 0 radical (unpaired) electrons. The monoisotopic (exact) mass is 424 g/mol. The number of likely N-dealkylation sites (tertiary alicyclic amines) is 2. The Labute approximate surface area is 175 Å². The number of carbonyl (C=O) groups is 2. The van der Waals surface area contributed by atoms with E-state index < -0.39 is 24.9 Å². The van der Waals surface area contributed by atoms with Gasteiger partial charge in [-0.2, -0.15) is 0 Å². The zero-order chi connectivity index (χ0) is 21.7. The van der Waals surface area contributed by atoms with Crippen LogP contribution < -0.4 is 10.2 Å². The van der Waals surface area contributed by atoms with Crippen LogP contribution in [0.1, 0.15) is 12.8 Å². The summed E-state index contributed by atoms with van der Waals surface area (Å²) in [5.74, 6) is -3.42. The van der Waals surface area contributed by atoms with Crippen LogP contribution in [0.2, 0.25) is 0 Å². The maximum Gasteiger partial charge on any atom is 0.262 e. The third-order valence-electron chi connectivity index (χ3n) is 5.73. The highest BCUT2D eigenvalue weighted by molar-refractivity contribution is 5.82. The van der Waals surface area contributed by atoms with Crippen LogP contribution in [0, 0.1) is 0 Å². The first kappa shape index (κ1) is 22.4. The summed E-state index contributed by atoms with van der Waals surface area (Å²) in [4.78, 5) is 29.6. The van der Waals surface area contributed by atoms with Gasteiger partial charge in [-0.05, 0) is 18.6 Å². The van der Waals surface area contributed by atoms with E-state index in [9.17, 15) is 18.4 Å². The van der Waals surface area contributed by atoms with Crippen LogP contribution in [0.15, 0.2) is 30.3 Å². The molecule has 30 heavy (non-hydrogen) atoms. The number of para-hydroxylation sites is 1. The van der Waals surface area contributed by atoms with Gasteiger partial charge in [0.15, 0.2) is 0 Å². The molecule has 2 amide bonds. The summed E-state index contributed by atoms with van der Waals surface area (Å²) in [5.41, 5.74) is 1.09. The SMILES string of the molecule is COCC(=O)N1CC(N2CC(F)(F)C[C@H]2C(=O)NCCCN(C)c2ccccc2)C1. The highest BCUT2D eigenvalue weighted by atomic mass is 19.3. The maximum atomic E-state index is 14.1. The Morgan fingerprint density at radius 1 is 1.27 bits per heavy atom. The van der Waals surface area contributed by atoms with Crippen molar-refractivity contribution in [1.82, 2.24) is 15.1 Å². The number of methoxy groups -OCH3 is 1. The van der Waals surface area contributed by atoms with Gasteiger partial charge in [-0.1, -0.05) is 18.2 Å². The first-order chi connectivity index (χ1) is 14.3.